The molecule has 2 aromatic rings. The molecule has 0 unspecified atom stereocenters. The first kappa shape index (κ1) is 10.6. The smallest absolute Gasteiger partial charge is 0.199 e. The molecule has 4 nitrogen and oxygen atoms in total. The van der Waals surface area contributed by atoms with Gasteiger partial charge in [-0.05, 0) is 42.0 Å². The maximum Gasteiger partial charge on any atom is 0.199 e. The Balaban J connectivity index is 2.46. The van der Waals surface area contributed by atoms with Crippen LogP contribution >= 0.6 is 12.2 Å². The van der Waals surface area contributed by atoms with Crippen LogP contribution in [-0.4, -0.2) is 17.1 Å². The summed E-state index contributed by atoms with van der Waals surface area (Å²) in [4.78, 5) is 6.89. The normalized spacial score (nSPS) is 10.1. The molecule has 2 rings (SSSR count). The number of nitrogen functional groups attached to an aromatic ring is 1. The molecule has 0 amide bonds. The zero-order chi connectivity index (χ0) is 11.5. The number of nitrogens with one attached hydrogen (secondary N) is 1. The van der Waals surface area contributed by atoms with E-state index in [1.54, 1.807) is 13.2 Å². The van der Waals surface area contributed by atoms with Crippen LogP contribution in [0.4, 0.5) is 5.82 Å². The largest absolute Gasteiger partial charge is 0.497 e. The Bertz CT molecular complexity index is 548. The number of aromatic amines is 1. The lowest BCUT2D eigenvalue weighted by Gasteiger charge is -2.04. The fourth-order valence-electron chi connectivity index (χ4n) is 1.40. The van der Waals surface area contributed by atoms with Gasteiger partial charge in [-0.15, -0.1) is 0 Å². The number of methoxy groups -OCH3 is 1. The van der Waals surface area contributed by atoms with Crippen molar-refractivity contribution < 1.29 is 4.74 Å². The average molecular weight is 233 g/mol. The van der Waals surface area contributed by atoms with Gasteiger partial charge in [0.2, 0.25) is 0 Å². The van der Waals surface area contributed by atoms with Gasteiger partial charge in [-0.2, -0.15) is 0 Å². The number of H-pyrrole nitrogens is 1. The molecule has 0 bridgehead atoms. The Morgan fingerprint density at radius 1 is 1.31 bits per heavy atom. The molecule has 0 aliphatic carbocycles. The van der Waals surface area contributed by atoms with E-state index in [1.807, 2.05) is 24.3 Å². The van der Waals surface area contributed by atoms with Crippen molar-refractivity contribution in [1.82, 2.24) is 9.97 Å². The number of hydrogen-bond donors (Lipinski definition) is 2. The highest BCUT2D eigenvalue weighted by Crippen LogP contribution is 2.21. The first-order valence-corrected chi connectivity index (χ1v) is 5.11. The zero-order valence-electron chi connectivity index (χ0n) is 8.73. The highest BCUT2D eigenvalue weighted by Gasteiger charge is 2.00. The van der Waals surface area contributed by atoms with Crippen molar-refractivity contribution in [2.24, 2.45) is 0 Å². The number of rotatable bonds is 2. The van der Waals surface area contributed by atoms with Gasteiger partial charge in [0.15, 0.2) is 4.77 Å². The molecule has 0 fully saturated rings. The molecule has 0 aliphatic heterocycles. The molecule has 3 N–H and O–H groups in total. The quantitative estimate of drug-likeness (QED) is 0.782. The summed E-state index contributed by atoms with van der Waals surface area (Å²) in [5.41, 5.74) is 7.46. The molecule has 0 atom stereocenters. The average Bonchev–Trinajstić information content (AvgIpc) is 2.28. The van der Waals surface area contributed by atoms with Gasteiger partial charge in [-0.25, -0.2) is 4.98 Å². The van der Waals surface area contributed by atoms with Crippen LogP contribution in [0.15, 0.2) is 30.3 Å². The van der Waals surface area contributed by atoms with E-state index < -0.39 is 0 Å². The third-order valence-corrected chi connectivity index (χ3v) is 2.36. The molecule has 82 valence electrons. The van der Waals surface area contributed by atoms with E-state index in [2.05, 4.69) is 9.97 Å². The first-order chi connectivity index (χ1) is 7.69. The van der Waals surface area contributed by atoms with E-state index in [1.165, 1.54) is 0 Å². The number of nitrogens with two attached hydrogens (primary N) is 1. The Hall–Kier alpha value is -1.88. The summed E-state index contributed by atoms with van der Waals surface area (Å²) in [6, 6.07) is 9.36. The molecule has 1 heterocycles. The van der Waals surface area contributed by atoms with Crippen molar-refractivity contribution in [1.29, 1.82) is 0 Å². The summed E-state index contributed by atoms with van der Waals surface area (Å²) in [5.74, 6) is 1.22. The van der Waals surface area contributed by atoms with Gasteiger partial charge in [0.25, 0.3) is 0 Å². The van der Waals surface area contributed by atoms with Gasteiger partial charge in [-0.1, -0.05) is 0 Å². The number of ether oxygens (including phenoxy) is 1. The van der Waals surface area contributed by atoms with E-state index in [0.717, 1.165) is 17.0 Å². The van der Waals surface area contributed by atoms with Gasteiger partial charge >= 0.3 is 0 Å². The van der Waals surface area contributed by atoms with Crippen LogP contribution in [0.2, 0.25) is 0 Å². The van der Waals surface area contributed by atoms with Crippen molar-refractivity contribution in [2.75, 3.05) is 12.8 Å². The van der Waals surface area contributed by atoms with Crippen LogP contribution in [-0.2, 0) is 0 Å². The highest BCUT2D eigenvalue weighted by atomic mass is 32.1. The molecule has 0 radical (unpaired) electrons. The summed E-state index contributed by atoms with van der Waals surface area (Å²) < 4.78 is 5.47. The third kappa shape index (κ3) is 2.20. The number of aromatic nitrogens is 2. The van der Waals surface area contributed by atoms with Gasteiger partial charge < -0.3 is 15.5 Å². The van der Waals surface area contributed by atoms with Gasteiger partial charge in [0.05, 0.1) is 12.8 Å². The van der Waals surface area contributed by atoms with Crippen molar-refractivity contribution in [2.45, 2.75) is 0 Å². The standard InChI is InChI=1S/C11H11N3OS/c1-15-8-4-2-7(3-5-8)9-6-10(12)14-11(16)13-9/h2-6H,1H3,(H3,12,13,14,16). The molecule has 5 heteroatoms. The highest BCUT2D eigenvalue weighted by molar-refractivity contribution is 7.71. The van der Waals surface area contributed by atoms with Crippen molar-refractivity contribution in [3.8, 4) is 17.0 Å². The Labute approximate surface area is 98.1 Å². The number of hydrogen-bond acceptors (Lipinski definition) is 4. The Morgan fingerprint density at radius 2 is 2.00 bits per heavy atom. The topological polar surface area (TPSA) is 63.9 Å². The number of nitrogens with zero attached hydrogens (tertiary/aromatic N) is 1. The SMILES string of the molecule is COc1ccc(-c2cc(N)nc(=S)[nH]2)cc1. The van der Waals surface area contributed by atoms with Crippen LogP contribution in [0.3, 0.4) is 0 Å². The van der Waals surface area contributed by atoms with Crippen LogP contribution in [0.1, 0.15) is 0 Å². The minimum Gasteiger partial charge on any atom is -0.497 e. The molecule has 1 aromatic heterocycles. The van der Waals surface area contributed by atoms with E-state index in [0.29, 0.717) is 10.6 Å². The molecule has 0 saturated carbocycles. The molecule has 0 aliphatic rings. The second-order valence-electron chi connectivity index (χ2n) is 3.25. The molecule has 16 heavy (non-hydrogen) atoms. The number of anilines is 1. The third-order valence-electron chi connectivity index (χ3n) is 2.17. The van der Waals surface area contributed by atoms with E-state index in [-0.39, 0.29) is 0 Å². The predicted octanol–water partition coefficient (Wildman–Crippen LogP) is 2.40. The maximum absolute atomic E-state index is 5.63. The fraction of sp³-hybridized carbons (Fsp3) is 0.0909. The number of benzene rings is 1. The Kier molecular flexibility index (Phi) is 2.87. The zero-order valence-corrected chi connectivity index (χ0v) is 9.54. The van der Waals surface area contributed by atoms with Crippen LogP contribution in [0, 0.1) is 4.77 Å². The monoisotopic (exact) mass is 233 g/mol. The summed E-state index contributed by atoms with van der Waals surface area (Å²) in [6.45, 7) is 0. The second kappa shape index (κ2) is 4.32. The van der Waals surface area contributed by atoms with Gasteiger partial charge in [0, 0.05) is 6.07 Å². The van der Waals surface area contributed by atoms with E-state index in [4.69, 9.17) is 22.7 Å². The van der Waals surface area contributed by atoms with Crippen molar-refractivity contribution >= 4 is 18.0 Å². The molecular weight excluding hydrogens is 222 g/mol. The van der Waals surface area contributed by atoms with Gasteiger partial charge in [-0.3, -0.25) is 0 Å². The lowest BCUT2D eigenvalue weighted by atomic mass is 10.1. The molecule has 0 spiro atoms. The van der Waals surface area contributed by atoms with Crippen LogP contribution in [0.25, 0.3) is 11.3 Å². The molecular formula is C11H11N3OS. The first-order valence-electron chi connectivity index (χ1n) is 4.70. The lowest BCUT2D eigenvalue weighted by Crippen LogP contribution is -1.94. The predicted molar refractivity (Wildman–Crippen MR) is 65.8 cm³/mol. The molecule has 0 saturated heterocycles. The fourth-order valence-corrected chi connectivity index (χ4v) is 1.62. The minimum absolute atomic E-state index is 0.380. The van der Waals surface area contributed by atoms with E-state index in [9.17, 15) is 0 Å². The molecule has 1 aromatic carbocycles. The summed E-state index contributed by atoms with van der Waals surface area (Å²) in [5, 5.41) is 0. The van der Waals surface area contributed by atoms with Crippen LogP contribution in [0.5, 0.6) is 5.75 Å². The lowest BCUT2D eigenvalue weighted by molar-refractivity contribution is 0.415. The van der Waals surface area contributed by atoms with Crippen LogP contribution < -0.4 is 10.5 Å². The van der Waals surface area contributed by atoms with Crippen molar-refractivity contribution in [3.63, 3.8) is 0 Å². The summed E-state index contributed by atoms with van der Waals surface area (Å²) >= 11 is 4.96. The van der Waals surface area contributed by atoms with Crippen molar-refractivity contribution in [3.05, 3.63) is 35.1 Å². The summed E-state index contributed by atoms with van der Waals surface area (Å²) in [6.07, 6.45) is 0. The van der Waals surface area contributed by atoms with E-state index >= 15 is 0 Å². The summed E-state index contributed by atoms with van der Waals surface area (Å²) in [7, 11) is 1.63. The van der Waals surface area contributed by atoms with Gasteiger partial charge in [0.1, 0.15) is 11.6 Å². The second-order valence-corrected chi connectivity index (χ2v) is 3.64. The Morgan fingerprint density at radius 3 is 2.56 bits per heavy atom. The maximum atomic E-state index is 5.63. The minimum atomic E-state index is 0.380.